The number of nitrogens with zero attached hydrogens (tertiary/aromatic N) is 1. The molecule has 50 heavy (non-hydrogen) atoms. The third-order valence-electron chi connectivity index (χ3n) is 11.6. The molecule has 10 heteroatoms. The van der Waals surface area contributed by atoms with E-state index in [1.807, 2.05) is 17.0 Å². The van der Waals surface area contributed by atoms with Gasteiger partial charge >= 0.3 is 6.36 Å². The zero-order valence-electron chi connectivity index (χ0n) is 29.4. The molecule has 2 bridgehead atoms. The Morgan fingerprint density at radius 3 is 2.44 bits per heavy atom. The summed E-state index contributed by atoms with van der Waals surface area (Å²) in [5.41, 5.74) is 2.47. The zero-order chi connectivity index (χ0) is 36.1. The molecule has 0 aliphatic heterocycles. The van der Waals surface area contributed by atoms with Gasteiger partial charge in [-0.1, -0.05) is 62.1 Å². The van der Waals surface area contributed by atoms with Gasteiger partial charge in [0.25, 0.3) is 0 Å². The van der Waals surface area contributed by atoms with Crippen molar-refractivity contribution in [1.29, 1.82) is 0 Å². The highest BCUT2D eigenvalue weighted by Crippen LogP contribution is 2.59. The molecule has 2 saturated carbocycles. The van der Waals surface area contributed by atoms with Crippen molar-refractivity contribution in [3.63, 3.8) is 0 Å². The van der Waals surface area contributed by atoms with Gasteiger partial charge in [0.1, 0.15) is 5.75 Å². The number of benzene rings is 2. The van der Waals surface area contributed by atoms with Gasteiger partial charge in [0, 0.05) is 36.5 Å². The monoisotopic (exact) mass is 701 g/mol. The number of aliphatic hydroxyl groups is 4. The highest BCUT2D eigenvalue weighted by molar-refractivity contribution is 5.99. The first-order valence-electron chi connectivity index (χ1n) is 18.3. The number of carbonyl (C=O) groups excluding carboxylic acids is 1. The quantitative estimate of drug-likeness (QED) is 0.153. The SMILES string of the molecule is CC1=CCCC2(C)C(CCC2(O)CN(Cc2ccc(OC(F)(F)F)cc2)CC(O)CO)c2ccc(cc2C(=O)C2CCCCC2)CC(O)CC1. The van der Waals surface area contributed by atoms with E-state index in [9.17, 15) is 38.4 Å². The van der Waals surface area contributed by atoms with Crippen LogP contribution in [-0.4, -0.2) is 75.0 Å². The van der Waals surface area contributed by atoms with E-state index >= 15 is 0 Å². The van der Waals surface area contributed by atoms with Crippen molar-refractivity contribution in [3.05, 3.63) is 76.4 Å². The van der Waals surface area contributed by atoms with Gasteiger partial charge < -0.3 is 25.2 Å². The molecule has 6 rings (SSSR count). The van der Waals surface area contributed by atoms with Crippen LogP contribution in [0.3, 0.4) is 0 Å². The molecule has 0 saturated heterocycles. The molecule has 7 nitrogen and oxygen atoms in total. The molecule has 276 valence electrons. The predicted molar refractivity (Wildman–Crippen MR) is 186 cm³/mol. The maximum Gasteiger partial charge on any atom is 0.573 e. The van der Waals surface area contributed by atoms with E-state index < -0.39 is 36.2 Å². The maximum atomic E-state index is 14.3. The van der Waals surface area contributed by atoms with Crippen LogP contribution in [0.5, 0.6) is 5.75 Å². The van der Waals surface area contributed by atoms with Crippen LogP contribution in [0.25, 0.3) is 0 Å². The highest BCUT2D eigenvalue weighted by Gasteiger charge is 2.57. The lowest BCUT2D eigenvalue weighted by atomic mass is 9.64. The Hall–Kier alpha value is -2.76. The molecule has 0 radical (unpaired) electrons. The highest BCUT2D eigenvalue weighted by atomic mass is 19.4. The van der Waals surface area contributed by atoms with Gasteiger partial charge in [0.15, 0.2) is 5.78 Å². The molecule has 0 aromatic heterocycles. The second kappa shape index (κ2) is 16.3. The number of Topliss-reactive ketones (excluding diaryl/α,β-unsaturated/α-hetero) is 1. The number of hydrogen-bond acceptors (Lipinski definition) is 7. The van der Waals surface area contributed by atoms with Crippen molar-refractivity contribution in [1.82, 2.24) is 4.90 Å². The first-order chi connectivity index (χ1) is 23.7. The van der Waals surface area contributed by atoms with Crippen molar-refractivity contribution >= 4 is 5.78 Å². The molecule has 2 fully saturated rings. The number of allylic oxidation sites excluding steroid dienone is 2. The number of fused-ring (bicyclic) bond motifs is 8. The van der Waals surface area contributed by atoms with Crippen molar-refractivity contribution < 1.29 is 43.1 Å². The molecule has 4 aliphatic rings. The molecule has 5 unspecified atom stereocenters. The van der Waals surface area contributed by atoms with Crippen LogP contribution in [0.2, 0.25) is 0 Å². The lowest BCUT2D eigenvalue weighted by molar-refractivity contribution is -0.274. The average Bonchev–Trinajstić information content (AvgIpc) is 3.32. The molecule has 5 atom stereocenters. The van der Waals surface area contributed by atoms with Crippen LogP contribution in [0.4, 0.5) is 13.2 Å². The molecular weight excluding hydrogens is 647 g/mol. The normalized spacial score (nSPS) is 27.4. The Kier molecular flexibility index (Phi) is 12.5. The smallest absolute Gasteiger partial charge is 0.406 e. The maximum absolute atomic E-state index is 14.3. The fourth-order valence-electron chi connectivity index (χ4n) is 8.76. The van der Waals surface area contributed by atoms with E-state index in [-0.39, 0.29) is 43.0 Å². The van der Waals surface area contributed by atoms with Crippen LogP contribution >= 0.6 is 0 Å². The Morgan fingerprint density at radius 1 is 1.04 bits per heavy atom. The summed E-state index contributed by atoms with van der Waals surface area (Å²) in [6.45, 7) is 4.10. The van der Waals surface area contributed by atoms with Crippen LogP contribution in [0.1, 0.15) is 117 Å². The van der Waals surface area contributed by atoms with Crippen LogP contribution in [-0.2, 0) is 13.0 Å². The summed E-state index contributed by atoms with van der Waals surface area (Å²) in [5, 5.41) is 44.0. The fourth-order valence-corrected chi connectivity index (χ4v) is 8.76. The van der Waals surface area contributed by atoms with E-state index in [2.05, 4.69) is 30.7 Å². The van der Waals surface area contributed by atoms with Gasteiger partial charge in [-0.3, -0.25) is 9.69 Å². The van der Waals surface area contributed by atoms with E-state index in [0.29, 0.717) is 49.7 Å². The van der Waals surface area contributed by atoms with Gasteiger partial charge in [-0.2, -0.15) is 0 Å². The molecule has 2 aromatic carbocycles. The number of carbonyl (C=O) groups is 1. The van der Waals surface area contributed by atoms with Gasteiger partial charge in [-0.05, 0) is 106 Å². The first kappa shape index (κ1) is 38.5. The lowest BCUT2D eigenvalue weighted by Crippen LogP contribution is -2.53. The number of ketones is 1. The number of halogens is 3. The minimum Gasteiger partial charge on any atom is -0.406 e. The largest absolute Gasteiger partial charge is 0.573 e. The topological polar surface area (TPSA) is 110 Å². The molecular formula is C40H54F3NO6. The molecule has 0 amide bonds. The summed E-state index contributed by atoms with van der Waals surface area (Å²) < 4.78 is 42.3. The first-order valence-corrected chi connectivity index (χ1v) is 18.3. The number of ether oxygens (including phenoxy) is 1. The van der Waals surface area contributed by atoms with Gasteiger partial charge in [-0.25, -0.2) is 0 Å². The summed E-state index contributed by atoms with van der Waals surface area (Å²) in [6.07, 6.45) is 4.96. The van der Waals surface area contributed by atoms with Gasteiger partial charge in [-0.15, -0.1) is 13.2 Å². The third-order valence-corrected chi connectivity index (χ3v) is 11.6. The van der Waals surface area contributed by atoms with Crippen LogP contribution < -0.4 is 4.74 Å². The van der Waals surface area contributed by atoms with Gasteiger partial charge in [0.05, 0.1) is 24.4 Å². The Bertz CT molecular complexity index is 1470. The molecule has 0 heterocycles. The summed E-state index contributed by atoms with van der Waals surface area (Å²) in [7, 11) is 0. The molecule has 2 aromatic rings. The van der Waals surface area contributed by atoms with Crippen molar-refractivity contribution in [2.45, 2.75) is 128 Å². The van der Waals surface area contributed by atoms with Gasteiger partial charge in [0.2, 0.25) is 0 Å². The molecule has 4 aliphatic carbocycles. The summed E-state index contributed by atoms with van der Waals surface area (Å²) in [4.78, 5) is 16.2. The third kappa shape index (κ3) is 9.36. The van der Waals surface area contributed by atoms with Crippen molar-refractivity contribution in [2.75, 3.05) is 19.7 Å². The Morgan fingerprint density at radius 2 is 1.76 bits per heavy atom. The number of aliphatic hydroxyl groups excluding tert-OH is 3. The lowest BCUT2D eigenvalue weighted by Gasteiger charge is -2.46. The molecule has 4 N–H and O–H groups in total. The second-order valence-electron chi connectivity index (χ2n) is 15.3. The fraction of sp³-hybridized carbons (Fsp3) is 0.625. The Balaban J connectivity index is 1.51. The standard InChI is InChI=1S/C40H54F3NO6/c1-27-7-6-19-38(2)36(34-17-13-29(21-31(46)14-10-27)22-35(34)37(48)30-8-4-3-5-9-30)18-20-39(38,49)26-44(24-32(47)25-45)23-28-11-15-33(16-12-28)50-40(41,42)43/h7,11-13,15-17,22,30-32,36,45-47,49H,3-6,8-10,14,18-21,23-26H2,1-2H3. The summed E-state index contributed by atoms with van der Waals surface area (Å²) in [6, 6.07) is 11.6. The zero-order valence-corrected chi connectivity index (χ0v) is 29.4. The minimum atomic E-state index is -4.81. The van der Waals surface area contributed by atoms with Crippen molar-refractivity contribution in [3.8, 4) is 5.75 Å². The Labute approximate surface area is 294 Å². The summed E-state index contributed by atoms with van der Waals surface area (Å²) >= 11 is 0. The van der Waals surface area contributed by atoms with E-state index in [0.717, 1.165) is 49.7 Å². The minimum absolute atomic E-state index is 0.0398. The summed E-state index contributed by atoms with van der Waals surface area (Å²) in [5.74, 6) is -0.367. The number of alkyl halides is 3. The number of hydrogen-bond donors (Lipinski definition) is 4. The average molecular weight is 702 g/mol. The van der Waals surface area contributed by atoms with Crippen LogP contribution in [0, 0.1) is 11.3 Å². The number of rotatable bonds is 10. The van der Waals surface area contributed by atoms with E-state index in [1.54, 1.807) is 0 Å². The van der Waals surface area contributed by atoms with Crippen molar-refractivity contribution in [2.24, 2.45) is 11.3 Å². The van der Waals surface area contributed by atoms with E-state index in [4.69, 9.17) is 0 Å². The van der Waals surface area contributed by atoms with E-state index in [1.165, 1.54) is 29.8 Å². The predicted octanol–water partition coefficient (Wildman–Crippen LogP) is 7.24. The molecule has 0 spiro atoms. The van der Waals surface area contributed by atoms with Crippen LogP contribution in [0.15, 0.2) is 54.1 Å². The second-order valence-corrected chi connectivity index (χ2v) is 15.3.